The van der Waals surface area contributed by atoms with Gasteiger partial charge in [-0.15, -0.1) is 0 Å². The molecule has 1 aromatic heterocycles. The van der Waals surface area contributed by atoms with Gasteiger partial charge in [0.1, 0.15) is 12.2 Å². The van der Waals surface area contributed by atoms with E-state index in [4.69, 9.17) is 21.1 Å². The van der Waals surface area contributed by atoms with Crippen LogP contribution < -0.4 is 5.73 Å². The van der Waals surface area contributed by atoms with Gasteiger partial charge in [0.15, 0.2) is 11.5 Å². The summed E-state index contributed by atoms with van der Waals surface area (Å²) in [4.78, 5) is 17.7. The van der Waals surface area contributed by atoms with Crippen LogP contribution in [0.15, 0.2) is 6.20 Å². The largest absolute Gasteiger partial charge is 0.476 e. The Morgan fingerprint density at radius 3 is 2.62 bits per heavy atom. The van der Waals surface area contributed by atoms with Gasteiger partial charge in [-0.05, 0) is 0 Å². The molecule has 0 bridgehead atoms. The lowest BCUT2D eigenvalue weighted by molar-refractivity contribution is -0.0175. The van der Waals surface area contributed by atoms with Crippen molar-refractivity contribution < 1.29 is 25.2 Å². The van der Waals surface area contributed by atoms with E-state index in [0.29, 0.717) is 0 Å². The Hall–Kier alpha value is -1.77. The number of hydrogen-bond acceptors (Lipinski definition) is 7. The van der Waals surface area contributed by atoms with Crippen LogP contribution in [-0.4, -0.2) is 49.1 Å². The normalized spacial score (nSPS) is 14.4. The molecule has 0 amide bonds. The van der Waals surface area contributed by atoms with Gasteiger partial charge >= 0.3 is 5.97 Å². The predicted molar refractivity (Wildman–Crippen MR) is 51.5 cm³/mol. The van der Waals surface area contributed by atoms with E-state index in [9.17, 15) is 9.90 Å². The van der Waals surface area contributed by atoms with Crippen LogP contribution in [0.25, 0.3) is 0 Å². The Balaban J connectivity index is 3.07. The number of rotatable bonds is 4. The molecule has 2 atom stereocenters. The number of carboxylic acids is 1. The number of aromatic nitrogens is 2. The zero-order chi connectivity index (χ0) is 12.3. The molecule has 16 heavy (non-hydrogen) atoms. The van der Waals surface area contributed by atoms with E-state index in [0.717, 1.165) is 6.20 Å². The van der Waals surface area contributed by atoms with Crippen LogP contribution in [0.3, 0.4) is 0 Å². The summed E-state index contributed by atoms with van der Waals surface area (Å²) in [5.41, 5.74) is 4.57. The maximum absolute atomic E-state index is 10.7. The number of nitrogens with zero attached hydrogens (tertiary/aromatic N) is 2. The zero-order valence-electron chi connectivity index (χ0n) is 8.11. The molecule has 0 aliphatic rings. The molecule has 0 saturated carbocycles. The number of hydrogen-bond donors (Lipinski definition) is 5. The fourth-order valence-corrected chi connectivity index (χ4v) is 1.01. The van der Waals surface area contributed by atoms with E-state index < -0.39 is 30.5 Å². The summed E-state index contributed by atoms with van der Waals surface area (Å²) in [5.74, 6) is -1.68. The minimum Gasteiger partial charge on any atom is -0.476 e. The minimum atomic E-state index is -1.52. The fraction of sp³-hybridized carbons (Fsp3) is 0.375. The topological polar surface area (TPSA) is 150 Å². The molecule has 88 valence electrons. The number of aliphatic hydroxyl groups is 3. The van der Waals surface area contributed by atoms with E-state index in [1.807, 2.05) is 0 Å². The molecule has 0 spiro atoms. The zero-order valence-corrected chi connectivity index (χ0v) is 8.11. The number of anilines is 1. The average Bonchev–Trinajstić information content (AvgIpc) is 2.27. The number of aliphatic hydroxyl groups excluding tert-OH is 3. The van der Waals surface area contributed by atoms with Crippen LogP contribution in [0.4, 0.5) is 5.82 Å². The molecule has 6 N–H and O–H groups in total. The van der Waals surface area contributed by atoms with Gasteiger partial charge in [0.2, 0.25) is 0 Å². The van der Waals surface area contributed by atoms with E-state index in [1.54, 1.807) is 0 Å². The van der Waals surface area contributed by atoms with Crippen molar-refractivity contribution in [1.29, 1.82) is 0 Å². The first-order valence-corrected chi connectivity index (χ1v) is 4.30. The maximum Gasteiger partial charge on any atom is 0.358 e. The third kappa shape index (κ3) is 2.42. The second-order valence-electron chi connectivity index (χ2n) is 3.03. The van der Waals surface area contributed by atoms with Crippen LogP contribution in [0.1, 0.15) is 22.3 Å². The van der Waals surface area contributed by atoms with Crippen molar-refractivity contribution in [1.82, 2.24) is 9.97 Å². The second-order valence-corrected chi connectivity index (χ2v) is 3.03. The molecule has 0 radical (unpaired) electrons. The lowest BCUT2D eigenvalue weighted by Gasteiger charge is -2.15. The molecule has 0 aliphatic carbocycles. The second kappa shape index (κ2) is 4.84. The number of nitrogens with two attached hydrogens (primary N) is 1. The Labute approximate surface area is 90.0 Å². The lowest BCUT2D eigenvalue weighted by Crippen LogP contribution is -2.24. The quantitative estimate of drug-likeness (QED) is 0.403. The van der Waals surface area contributed by atoms with Gasteiger partial charge in [0, 0.05) is 0 Å². The highest BCUT2D eigenvalue weighted by Gasteiger charge is 2.22. The summed E-state index contributed by atoms with van der Waals surface area (Å²) >= 11 is 0. The molecule has 0 aliphatic heterocycles. The molecule has 0 saturated heterocycles. The molecule has 0 fully saturated rings. The van der Waals surface area contributed by atoms with Crippen molar-refractivity contribution in [3.8, 4) is 0 Å². The first kappa shape index (κ1) is 12.3. The number of carboxylic acid groups (broad SMARTS) is 1. The molecule has 2 unspecified atom stereocenters. The summed E-state index contributed by atoms with van der Waals surface area (Å²) in [7, 11) is 0. The van der Waals surface area contributed by atoms with Crippen molar-refractivity contribution >= 4 is 11.8 Å². The molecule has 8 heteroatoms. The van der Waals surface area contributed by atoms with Gasteiger partial charge in [-0.3, -0.25) is 0 Å². The highest BCUT2D eigenvalue weighted by atomic mass is 16.4. The van der Waals surface area contributed by atoms with Crippen molar-refractivity contribution in [3.05, 3.63) is 17.6 Å². The van der Waals surface area contributed by atoms with Crippen LogP contribution in [0.2, 0.25) is 0 Å². The van der Waals surface area contributed by atoms with E-state index in [-0.39, 0.29) is 11.5 Å². The molecule has 1 rings (SSSR count). The molecular formula is C8H11N3O5. The summed E-state index contributed by atoms with van der Waals surface area (Å²) < 4.78 is 0. The standard InChI is InChI=1S/C8H11N3O5/c9-7-5(8(15)16)11-3(1-10-7)6(14)4(13)2-12/h1,4,6,12-14H,2H2,(H2,9,10)(H,15,16). The van der Waals surface area contributed by atoms with Crippen LogP contribution in [0.5, 0.6) is 0 Å². The monoisotopic (exact) mass is 229 g/mol. The Morgan fingerprint density at radius 2 is 2.12 bits per heavy atom. The highest BCUT2D eigenvalue weighted by Crippen LogP contribution is 2.16. The van der Waals surface area contributed by atoms with Gasteiger partial charge in [-0.2, -0.15) is 0 Å². The molecular weight excluding hydrogens is 218 g/mol. The Morgan fingerprint density at radius 1 is 1.50 bits per heavy atom. The molecule has 1 heterocycles. The number of nitrogen functional groups attached to an aromatic ring is 1. The number of aromatic carboxylic acids is 1. The van der Waals surface area contributed by atoms with Crippen molar-refractivity contribution in [2.75, 3.05) is 12.3 Å². The SMILES string of the molecule is Nc1ncc(C(O)C(O)CO)nc1C(=O)O. The van der Waals surface area contributed by atoms with Gasteiger partial charge < -0.3 is 26.2 Å². The fourth-order valence-electron chi connectivity index (χ4n) is 1.01. The van der Waals surface area contributed by atoms with E-state index >= 15 is 0 Å². The van der Waals surface area contributed by atoms with Gasteiger partial charge in [0.25, 0.3) is 0 Å². The lowest BCUT2D eigenvalue weighted by atomic mass is 10.1. The van der Waals surface area contributed by atoms with Gasteiger partial charge in [-0.1, -0.05) is 0 Å². The van der Waals surface area contributed by atoms with Crippen molar-refractivity contribution in [2.24, 2.45) is 0 Å². The van der Waals surface area contributed by atoms with Crippen molar-refractivity contribution in [2.45, 2.75) is 12.2 Å². The smallest absolute Gasteiger partial charge is 0.358 e. The van der Waals surface area contributed by atoms with E-state index in [2.05, 4.69) is 9.97 Å². The molecule has 8 nitrogen and oxygen atoms in total. The molecule has 0 aromatic carbocycles. The third-order valence-corrected chi connectivity index (χ3v) is 1.88. The average molecular weight is 229 g/mol. The van der Waals surface area contributed by atoms with Crippen LogP contribution in [-0.2, 0) is 0 Å². The first-order valence-electron chi connectivity index (χ1n) is 4.30. The third-order valence-electron chi connectivity index (χ3n) is 1.88. The summed E-state index contributed by atoms with van der Waals surface area (Å²) in [6, 6.07) is 0. The van der Waals surface area contributed by atoms with Gasteiger partial charge in [-0.25, -0.2) is 14.8 Å². The van der Waals surface area contributed by atoms with Crippen molar-refractivity contribution in [3.63, 3.8) is 0 Å². The minimum absolute atomic E-state index is 0.173. The number of carbonyl (C=O) groups is 1. The Bertz CT molecular complexity index is 397. The summed E-state index contributed by atoms with van der Waals surface area (Å²) in [5, 5.41) is 35.9. The van der Waals surface area contributed by atoms with Crippen LogP contribution >= 0.6 is 0 Å². The predicted octanol–water partition coefficient (Wildman–Crippen LogP) is -1.86. The highest BCUT2D eigenvalue weighted by molar-refractivity contribution is 5.90. The summed E-state index contributed by atoms with van der Waals surface area (Å²) in [6.07, 6.45) is -1.94. The Kier molecular flexibility index (Phi) is 3.72. The van der Waals surface area contributed by atoms with Crippen LogP contribution in [0, 0.1) is 0 Å². The van der Waals surface area contributed by atoms with Gasteiger partial charge in [0.05, 0.1) is 18.5 Å². The molecule has 1 aromatic rings. The maximum atomic E-state index is 10.7. The first-order chi connectivity index (χ1) is 7.47. The van der Waals surface area contributed by atoms with E-state index in [1.165, 1.54) is 0 Å². The summed E-state index contributed by atoms with van der Waals surface area (Å²) in [6.45, 7) is -0.685.